The number of hydrogen-bond donors (Lipinski definition) is 0. The normalized spacial score (nSPS) is 9.92. The molecule has 0 saturated carbocycles. The summed E-state index contributed by atoms with van der Waals surface area (Å²) in [5.41, 5.74) is 4.33. The summed E-state index contributed by atoms with van der Waals surface area (Å²) in [6, 6.07) is 16.5. The van der Waals surface area contributed by atoms with Crippen molar-refractivity contribution in [2.75, 3.05) is 0 Å². The largest absolute Gasteiger partial charge is 0.0979 e. The maximum Gasteiger partial charge on any atom is 0.0249 e. The molecule has 0 spiro atoms. The van der Waals surface area contributed by atoms with Gasteiger partial charge in [-0.3, -0.25) is 0 Å². The Kier molecular flexibility index (Phi) is 7.46. The van der Waals surface area contributed by atoms with E-state index in [2.05, 4.69) is 73.9 Å². The predicted octanol–water partition coefficient (Wildman–Crippen LogP) is 6.05. The molecule has 0 atom stereocenters. The van der Waals surface area contributed by atoms with Crippen LogP contribution >= 0.6 is 0 Å². The Balaban J connectivity index is 2.00. The summed E-state index contributed by atoms with van der Waals surface area (Å²) in [6.45, 7) is 4.33. The lowest BCUT2D eigenvalue weighted by Crippen LogP contribution is -1.79. The predicted molar refractivity (Wildman–Crippen MR) is 105 cm³/mol. The fraction of sp³-hybridized carbons (Fsp3) is 0.250. The average Bonchev–Trinajstić information content (AvgIpc) is 2.63. The molecule has 0 bridgehead atoms. The van der Waals surface area contributed by atoms with Crippen LogP contribution in [0.3, 0.4) is 0 Å². The van der Waals surface area contributed by atoms with Gasteiger partial charge < -0.3 is 0 Å². The Hall–Kier alpha value is -2.70. The standard InChI is InChI=1S/C24H24/c1-3-5-7-9-21-11-15-23(16-12-21)19-20-24-17-13-22(14-18-24)10-8-6-4-2/h7,9,11-18H,3-6H2,1-2H3. The van der Waals surface area contributed by atoms with Gasteiger partial charge in [0, 0.05) is 23.1 Å². The second-order valence-electron chi connectivity index (χ2n) is 5.69. The van der Waals surface area contributed by atoms with E-state index in [1.54, 1.807) is 0 Å². The van der Waals surface area contributed by atoms with E-state index < -0.39 is 0 Å². The summed E-state index contributed by atoms with van der Waals surface area (Å²) in [5.74, 6) is 12.8. The highest BCUT2D eigenvalue weighted by Crippen LogP contribution is 2.07. The van der Waals surface area contributed by atoms with Gasteiger partial charge in [-0.1, -0.05) is 68.2 Å². The number of benzene rings is 2. The molecule has 0 heteroatoms. The van der Waals surface area contributed by atoms with Crippen LogP contribution in [-0.2, 0) is 0 Å². The molecule has 0 aliphatic carbocycles. The fourth-order valence-corrected chi connectivity index (χ4v) is 2.13. The molecule has 0 heterocycles. The van der Waals surface area contributed by atoms with Crippen LogP contribution in [0.2, 0.25) is 0 Å². The summed E-state index contributed by atoms with van der Waals surface area (Å²) in [6.07, 6.45) is 8.74. The highest BCUT2D eigenvalue weighted by Gasteiger charge is 1.90. The minimum atomic E-state index is 0.950. The molecule has 0 radical (unpaired) electrons. The molecule has 2 rings (SSSR count). The van der Waals surface area contributed by atoms with Crippen molar-refractivity contribution in [2.45, 2.75) is 39.5 Å². The SMILES string of the molecule is CCCC#Cc1ccc(C#Cc2ccc(C=CCCC)cc2)cc1. The summed E-state index contributed by atoms with van der Waals surface area (Å²) >= 11 is 0. The van der Waals surface area contributed by atoms with Gasteiger partial charge in [-0.2, -0.15) is 0 Å². The van der Waals surface area contributed by atoms with Gasteiger partial charge in [-0.15, -0.1) is 0 Å². The molecule has 2 aromatic carbocycles. The number of allylic oxidation sites excluding steroid dienone is 1. The van der Waals surface area contributed by atoms with Gasteiger partial charge in [0.25, 0.3) is 0 Å². The summed E-state index contributed by atoms with van der Waals surface area (Å²) in [7, 11) is 0. The summed E-state index contributed by atoms with van der Waals surface area (Å²) in [5, 5.41) is 0. The van der Waals surface area contributed by atoms with E-state index in [9.17, 15) is 0 Å². The highest BCUT2D eigenvalue weighted by molar-refractivity contribution is 5.52. The third-order valence-corrected chi connectivity index (χ3v) is 3.52. The fourth-order valence-electron chi connectivity index (χ4n) is 2.13. The van der Waals surface area contributed by atoms with Crippen molar-refractivity contribution in [3.05, 3.63) is 76.9 Å². The molecule has 0 N–H and O–H groups in total. The van der Waals surface area contributed by atoms with Crippen molar-refractivity contribution in [2.24, 2.45) is 0 Å². The van der Waals surface area contributed by atoms with E-state index >= 15 is 0 Å². The maximum atomic E-state index is 3.22. The molecule has 0 saturated heterocycles. The zero-order valence-corrected chi connectivity index (χ0v) is 14.6. The lowest BCUT2D eigenvalue weighted by Gasteiger charge is -1.95. The molecule has 0 aliphatic heterocycles. The van der Waals surface area contributed by atoms with Crippen LogP contribution in [-0.4, -0.2) is 0 Å². The van der Waals surface area contributed by atoms with Crippen LogP contribution in [0, 0.1) is 23.7 Å². The number of unbranched alkanes of at least 4 members (excludes halogenated alkanes) is 2. The highest BCUT2D eigenvalue weighted by atomic mass is 13.9. The van der Waals surface area contributed by atoms with Gasteiger partial charge in [0.05, 0.1) is 0 Å². The Morgan fingerprint density at radius 2 is 1.25 bits per heavy atom. The van der Waals surface area contributed by atoms with E-state index in [0.29, 0.717) is 0 Å². The van der Waals surface area contributed by atoms with E-state index in [4.69, 9.17) is 0 Å². The summed E-state index contributed by atoms with van der Waals surface area (Å²) in [4.78, 5) is 0. The molecule has 24 heavy (non-hydrogen) atoms. The zero-order chi connectivity index (χ0) is 17.0. The lowest BCUT2D eigenvalue weighted by atomic mass is 10.1. The van der Waals surface area contributed by atoms with Crippen molar-refractivity contribution >= 4 is 6.08 Å². The van der Waals surface area contributed by atoms with Crippen LogP contribution < -0.4 is 0 Å². The molecule has 0 aliphatic rings. The lowest BCUT2D eigenvalue weighted by molar-refractivity contribution is 0.962. The van der Waals surface area contributed by atoms with Crippen molar-refractivity contribution < 1.29 is 0 Å². The number of rotatable bonds is 4. The molecule has 0 nitrogen and oxygen atoms in total. The third kappa shape index (κ3) is 6.20. The van der Waals surface area contributed by atoms with E-state index in [1.807, 2.05) is 24.3 Å². The quantitative estimate of drug-likeness (QED) is 0.603. The van der Waals surface area contributed by atoms with Crippen LogP contribution in [0.25, 0.3) is 6.08 Å². The molecule has 0 amide bonds. The van der Waals surface area contributed by atoms with Crippen molar-refractivity contribution in [1.82, 2.24) is 0 Å². The van der Waals surface area contributed by atoms with E-state index in [0.717, 1.165) is 36.0 Å². The van der Waals surface area contributed by atoms with Gasteiger partial charge in [-0.25, -0.2) is 0 Å². The van der Waals surface area contributed by atoms with Crippen LogP contribution in [0.4, 0.5) is 0 Å². The topological polar surface area (TPSA) is 0 Å². The van der Waals surface area contributed by atoms with Crippen LogP contribution in [0.15, 0.2) is 54.6 Å². The van der Waals surface area contributed by atoms with E-state index in [-0.39, 0.29) is 0 Å². The van der Waals surface area contributed by atoms with Gasteiger partial charge in [-0.05, 0) is 54.8 Å². The Morgan fingerprint density at radius 1 is 0.708 bits per heavy atom. The van der Waals surface area contributed by atoms with Crippen molar-refractivity contribution in [3.8, 4) is 23.7 Å². The minimum Gasteiger partial charge on any atom is -0.0979 e. The van der Waals surface area contributed by atoms with E-state index in [1.165, 1.54) is 12.0 Å². The first kappa shape index (κ1) is 17.7. The molecule has 2 aromatic rings. The van der Waals surface area contributed by atoms with Crippen molar-refractivity contribution in [1.29, 1.82) is 0 Å². The molecule has 120 valence electrons. The Morgan fingerprint density at radius 3 is 1.79 bits per heavy atom. The Labute approximate surface area is 146 Å². The van der Waals surface area contributed by atoms with Gasteiger partial charge in [0.2, 0.25) is 0 Å². The van der Waals surface area contributed by atoms with Crippen LogP contribution in [0.5, 0.6) is 0 Å². The second-order valence-corrected chi connectivity index (χ2v) is 5.69. The smallest absolute Gasteiger partial charge is 0.0249 e. The zero-order valence-electron chi connectivity index (χ0n) is 14.6. The first-order chi connectivity index (χ1) is 11.8. The van der Waals surface area contributed by atoms with Gasteiger partial charge >= 0.3 is 0 Å². The monoisotopic (exact) mass is 312 g/mol. The second kappa shape index (κ2) is 10.1. The third-order valence-electron chi connectivity index (χ3n) is 3.52. The average molecular weight is 312 g/mol. The van der Waals surface area contributed by atoms with Gasteiger partial charge in [0.15, 0.2) is 0 Å². The Bertz CT molecular complexity index is 766. The molecule has 0 aromatic heterocycles. The molecular formula is C24H24. The molecule has 0 unspecified atom stereocenters. The molecular weight excluding hydrogens is 288 g/mol. The van der Waals surface area contributed by atoms with Crippen LogP contribution in [0.1, 0.15) is 61.8 Å². The maximum absolute atomic E-state index is 3.22. The summed E-state index contributed by atoms with van der Waals surface area (Å²) < 4.78 is 0. The van der Waals surface area contributed by atoms with Crippen molar-refractivity contribution in [3.63, 3.8) is 0 Å². The minimum absolute atomic E-state index is 0.950. The first-order valence-electron chi connectivity index (χ1n) is 8.69. The first-order valence-corrected chi connectivity index (χ1v) is 8.69. The molecule has 0 fully saturated rings. The van der Waals surface area contributed by atoms with Gasteiger partial charge in [0.1, 0.15) is 0 Å². The number of hydrogen-bond acceptors (Lipinski definition) is 0.